The van der Waals surface area contributed by atoms with Crippen molar-refractivity contribution in [2.45, 2.75) is 56.7 Å². The van der Waals surface area contributed by atoms with E-state index in [2.05, 4.69) is 20.1 Å². The van der Waals surface area contributed by atoms with Crippen LogP contribution in [0.3, 0.4) is 0 Å². The van der Waals surface area contributed by atoms with Crippen LogP contribution in [0.4, 0.5) is 16.0 Å². The summed E-state index contributed by atoms with van der Waals surface area (Å²) < 4.78 is 15.9. The first-order chi connectivity index (χ1) is 26.6. The Bertz CT molecular complexity index is 2430. The average molecular weight is 742 g/mol. The minimum absolute atomic E-state index is 0.0116. The third-order valence-corrected chi connectivity index (χ3v) is 11.3. The van der Waals surface area contributed by atoms with Gasteiger partial charge in [-0.15, -0.1) is 5.10 Å². The van der Waals surface area contributed by atoms with Gasteiger partial charge in [-0.25, -0.2) is 18.9 Å². The fourth-order valence-electron chi connectivity index (χ4n) is 8.53. The Morgan fingerprint density at radius 1 is 0.800 bits per heavy atom. The van der Waals surface area contributed by atoms with Crippen molar-refractivity contribution in [3.05, 3.63) is 107 Å². The lowest BCUT2D eigenvalue weighted by Crippen LogP contribution is -2.54. The fourth-order valence-corrected chi connectivity index (χ4v) is 8.53. The molecule has 4 aliphatic rings. The van der Waals surface area contributed by atoms with Crippen molar-refractivity contribution >= 4 is 46.8 Å². The number of aromatic nitrogens is 4. The number of primary amides is 1. The van der Waals surface area contributed by atoms with Gasteiger partial charge in [-0.1, -0.05) is 24.3 Å². The van der Waals surface area contributed by atoms with E-state index < -0.39 is 47.5 Å². The zero-order valence-corrected chi connectivity index (χ0v) is 29.6. The minimum Gasteiger partial charge on any atom is -0.369 e. The lowest BCUT2D eigenvalue weighted by atomic mass is 9.85. The van der Waals surface area contributed by atoms with Crippen LogP contribution < -0.4 is 20.9 Å². The van der Waals surface area contributed by atoms with E-state index in [0.29, 0.717) is 47.8 Å². The van der Waals surface area contributed by atoms with Gasteiger partial charge in [0.15, 0.2) is 5.65 Å². The summed E-state index contributed by atoms with van der Waals surface area (Å²) in [5.74, 6) is -2.09. The van der Waals surface area contributed by atoms with Crippen LogP contribution >= 0.6 is 0 Å². The number of nitrogens with one attached hydrogen (secondary N) is 1. The molecule has 3 saturated heterocycles. The standard InChI is InChI=1S/C40H36FN9O5/c41-25-5-1-4-22(18-25)29-7-3-16-47(29)35-13-12-33-43-21-32(50(33)46-35)28-6-2-8-34(44-28)48-17-15-24(37(42)52)20-31(48)23-9-10-26-27(19-23)40(55)49(39(26)54)30-11-14-36(51)45-38(30)53/h1-2,4-6,8-10,12-13,18-19,21,24,29-31H,3,7,11,14-17,20H2,(H2,42,52)(H,45,51,53)/t24?,29-,30?,31?/m1/s1. The Hall–Kier alpha value is -6.51. The van der Waals surface area contributed by atoms with E-state index in [1.807, 2.05) is 36.4 Å². The van der Waals surface area contributed by atoms with Crippen LogP contribution in [-0.4, -0.2) is 73.1 Å². The maximum Gasteiger partial charge on any atom is 0.262 e. The van der Waals surface area contributed by atoms with Crippen LogP contribution in [0, 0.1) is 11.7 Å². The monoisotopic (exact) mass is 741 g/mol. The second-order valence-electron chi connectivity index (χ2n) is 14.5. The number of nitrogens with two attached hydrogens (primary N) is 1. The van der Waals surface area contributed by atoms with E-state index in [9.17, 15) is 28.4 Å². The molecule has 55 heavy (non-hydrogen) atoms. The summed E-state index contributed by atoms with van der Waals surface area (Å²) in [7, 11) is 0. The third-order valence-electron chi connectivity index (χ3n) is 11.3. The zero-order chi connectivity index (χ0) is 38.0. The summed E-state index contributed by atoms with van der Waals surface area (Å²) in [4.78, 5) is 78.8. The average Bonchev–Trinajstić information content (AvgIpc) is 3.91. The molecule has 9 rings (SSSR count). The predicted octanol–water partition coefficient (Wildman–Crippen LogP) is 4.12. The Morgan fingerprint density at radius 3 is 2.42 bits per heavy atom. The number of benzene rings is 2. The zero-order valence-electron chi connectivity index (χ0n) is 29.6. The lowest BCUT2D eigenvalue weighted by molar-refractivity contribution is -0.136. The van der Waals surface area contributed by atoms with Crippen LogP contribution in [0.2, 0.25) is 0 Å². The highest BCUT2D eigenvalue weighted by atomic mass is 19.1. The highest BCUT2D eigenvalue weighted by molar-refractivity contribution is 6.23. The number of halogens is 1. The van der Waals surface area contributed by atoms with Gasteiger partial charge in [0, 0.05) is 25.4 Å². The smallest absolute Gasteiger partial charge is 0.262 e. The van der Waals surface area contributed by atoms with E-state index in [-0.39, 0.29) is 35.8 Å². The molecule has 3 aromatic heterocycles. The van der Waals surface area contributed by atoms with Gasteiger partial charge in [-0.2, -0.15) is 0 Å². The number of hydrogen-bond donors (Lipinski definition) is 2. The number of carbonyl (C=O) groups excluding carboxylic acids is 5. The van der Waals surface area contributed by atoms with Crippen molar-refractivity contribution in [1.29, 1.82) is 0 Å². The first-order valence-corrected chi connectivity index (χ1v) is 18.4. The fraction of sp³-hybridized carbons (Fsp3) is 0.300. The highest BCUT2D eigenvalue weighted by Gasteiger charge is 2.45. The van der Waals surface area contributed by atoms with Gasteiger partial charge in [0.25, 0.3) is 11.8 Å². The molecule has 0 saturated carbocycles. The first-order valence-electron chi connectivity index (χ1n) is 18.4. The third kappa shape index (κ3) is 5.95. The van der Waals surface area contributed by atoms with E-state index in [4.69, 9.17) is 15.8 Å². The van der Waals surface area contributed by atoms with Gasteiger partial charge < -0.3 is 15.5 Å². The number of hydrogen-bond acceptors (Lipinski definition) is 10. The molecule has 0 spiro atoms. The van der Waals surface area contributed by atoms with Gasteiger partial charge in [-0.3, -0.25) is 34.2 Å². The van der Waals surface area contributed by atoms with Crippen LogP contribution in [0.5, 0.6) is 0 Å². The maximum absolute atomic E-state index is 14.2. The molecule has 4 aliphatic heterocycles. The van der Waals surface area contributed by atoms with Crippen molar-refractivity contribution < 1.29 is 28.4 Å². The van der Waals surface area contributed by atoms with Crippen LogP contribution in [-0.2, 0) is 14.4 Å². The van der Waals surface area contributed by atoms with Crippen molar-refractivity contribution in [2.75, 3.05) is 22.9 Å². The molecule has 0 radical (unpaired) electrons. The van der Waals surface area contributed by atoms with E-state index in [0.717, 1.165) is 35.7 Å². The molecule has 278 valence electrons. The molecule has 14 nitrogen and oxygen atoms in total. The van der Waals surface area contributed by atoms with Crippen molar-refractivity contribution in [3.8, 4) is 11.4 Å². The molecule has 2 aromatic carbocycles. The van der Waals surface area contributed by atoms with Gasteiger partial charge >= 0.3 is 0 Å². The quantitative estimate of drug-likeness (QED) is 0.231. The topological polar surface area (TPSA) is 176 Å². The number of nitrogens with zero attached hydrogens (tertiary/aromatic N) is 7. The number of amides is 5. The molecule has 4 atom stereocenters. The molecule has 5 aromatic rings. The summed E-state index contributed by atoms with van der Waals surface area (Å²) >= 11 is 0. The second-order valence-corrected chi connectivity index (χ2v) is 14.5. The van der Waals surface area contributed by atoms with Crippen LogP contribution in [0.1, 0.15) is 82.5 Å². The maximum atomic E-state index is 14.2. The molecule has 3 unspecified atom stereocenters. The van der Waals surface area contributed by atoms with Gasteiger partial charge in [0.1, 0.15) is 29.2 Å². The molecule has 5 amide bonds. The van der Waals surface area contributed by atoms with Gasteiger partial charge in [0.2, 0.25) is 17.7 Å². The van der Waals surface area contributed by atoms with Crippen LogP contribution in [0.25, 0.3) is 17.0 Å². The number of imide groups is 2. The van der Waals surface area contributed by atoms with Gasteiger partial charge in [0.05, 0.1) is 35.1 Å². The molecule has 0 aliphatic carbocycles. The molecular formula is C40H36FN9O5. The molecule has 15 heteroatoms. The van der Waals surface area contributed by atoms with E-state index in [1.165, 1.54) is 6.07 Å². The number of pyridine rings is 1. The SMILES string of the molecule is NC(=O)C1CCN(c2cccc(-c3cnc4ccc(N5CCC[C@@H]5c5cccc(F)c5)nn34)n2)C(c2ccc3c(c2)C(=O)N(C2CCC(=O)NC2=O)C3=O)C1. The van der Waals surface area contributed by atoms with E-state index in [1.54, 1.807) is 41.0 Å². The summed E-state index contributed by atoms with van der Waals surface area (Å²) in [6, 6.07) is 19.6. The van der Waals surface area contributed by atoms with E-state index >= 15 is 0 Å². The highest BCUT2D eigenvalue weighted by Crippen LogP contribution is 2.40. The van der Waals surface area contributed by atoms with Crippen molar-refractivity contribution in [2.24, 2.45) is 11.7 Å². The first kappa shape index (κ1) is 34.3. The lowest BCUT2D eigenvalue weighted by Gasteiger charge is -2.40. The number of rotatable bonds is 7. The summed E-state index contributed by atoms with van der Waals surface area (Å²) in [5.41, 5.74) is 9.64. The Morgan fingerprint density at radius 2 is 1.60 bits per heavy atom. The Kier molecular flexibility index (Phi) is 8.36. The van der Waals surface area contributed by atoms with Crippen molar-refractivity contribution in [3.63, 3.8) is 0 Å². The molecule has 0 bridgehead atoms. The largest absolute Gasteiger partial charge is 0.369 e. The van der Waals surface area contributed by atoms with Crippen LogP contribution in [0.15, 0.2) is 79.0 Å². The number of piperidine rings is 2. The normalized spacial score (nSPS) is 22.7. The Labute approximate surface area is 314 Å². The Balaban J connectivity index is 1.03. The molecule has 7 heterocycles. The summed E-state index contributed by atoms with van der Waals surface area (Å²) in [6.45, 7) is 1.21. The molecular weight excluding hydrogens is 705 g/mol. The van der Waals surface area contributed by atoms with Crippen molar-refractivity contribution in [1.82, 2.24) is 29.8 Å². The number of anilines is 2. The second kappa shape index (κ2) is 13.4. The molecule has 3 fully saturated rings. The summed E-state index contributed by atoms with van der Waals surface area (Å²) in [5, 5.41) is 7.22. The summed E-state index contributed by atoms with van der Waals surface area (Å²) in [6.07, 6.45) is 4.47. The molecule has 3 N–H and O–H groups in total. The van der Waals surface area contributed by atoms with Gasteiger partial charge in [-0.05, 0) is 91.8 Å². The predicted molar refractivity (Wildman–Crippen MR) is 197 cm³/mol. The number of imidazole rings is 1. The number of fused-ring (bicyclic) bond motifs is 2. The minimum atomic E-state index is -1.08. The number of carbonyl (C=O) groups is 5.